The summed E-state index contributed by atoms with van der Waals surface area (Å²) >= 11 is 0. The summed E-state index contributed by atoms with van der Waals surface area (Å²) in [6.07, 6.45) is 1.45. The van der Waals surface area contributed by atoms with Crippen LogP contribution in [-0.4, -0.2) is 10.9 Å². The molecule has 1 N–H and O–H groups in total. The lowest BCUT2D eigenvalue weighted by Crippen LogP contribution is -2.15. The second-order valence-corrected chi connectivity index (χ2v) is 4.62. The molecule has 0 heterocycles. The SMILES string of the molecule is CCc1ccc2c(c1O)C(=O)c1ccccc1C2. The van der Waals surface area contributed by atoms with Crippen molar-refractivity contribution in [1.29, 1.82) is 0 Å². The Morgan fingerprint density at radius 2 is 1.89 bits per heavy atom. The van der Waals surface area contributed by atoms with Gasteiger partial charge in [0.25, 0.3) is 0 Å². The minimum atomic E-state index is -0.0559. The van der Waals surface area contributed by atoms with Crippen LogP contribution in [0.3, 0.4) is 0 Å². The largest absolute Gasteiger partial charge is 0.507 e. The molecule has 0 atom stereocenters. The maximum atomic E-state index is 12.4. The second kappa shape index (κ2) is 3.98. The number of benzene rings is 2. The molecule has 2 heteroatoms. The van der Waals surface area contributed by atoms with Gasteiger partial charge in [0.15, 0.2) is 5.78 Å². The third-order valence-electron chi connectivity index (χ3n) is 3.60. The van der Waals surface area contributed by atoms with Gasteiger partial charge < -0.3 is 5.11 Å². The first kappa shape index (κ1) is 11.0. The van der Waals surface area contributed by atoms with E-state index in [1.54, 1.807) is 0 Å². The molecule has 0 saturated heterocycles. The van der Waals surface area contributed by atoms with Crippen LogP contribution in [0.25, 0.3) is 0 Å². The first-order valence-electron chi connectivity index (χ1n) is 6.18. The fraction of sp³-hybridized carbons (Fsp3) is 0.188. The van der Waals surface area contributed by atoms with Crippen molar-refractivity contribution < 1.29 is 9.90 Å². The molecule has 0 aliphatic heterocycles. The summed E-state index contributed by atoms with van der Waals surface area (Å²) in [5.74, 6) is 0.106. The number of phenolic OH excluding ortho intramolecular Hbond substituents is 1. The molecule has 0 spiro atoms. The summed E-state index contributed by atoms with van der Waals surface area (Å²) in [5.41, 5.74) is 4.01. The fourth-order valence-electron chi connectivity index (χ4n) is 2.60. The van der Waals surface area contributed by atoms with Gasteiger partial charge in [-0.25, -0.2) is 0 Å². The smallest absolute Gasteiger partial charge is 0.197 e. The van der Waals surface area contributed by atoms with E-state index in [1.807, 2.05) is 43.3 Å². The molecule has 0 saturated carbocycles. The number of aryl methyl sites for hydroxylation is 1. The molecule has 0 unspecified atom stereocenters. The van der Waals surface area contributed by atoms with Crippen LogP contribution in [0.2, 0.25) is 0 Å². The number of aromatic hydroxyl groups is 1. The van der Waals surface area contributed by atoms with E-state index in [2.05, 4.69) is 0 Å². The molecule has 18 heavy (non-hydrogen) atoms. The Labute approximate surface area is 106 Å². The minimum absolute atomic E-state index is 0.0559. The van der Waals surface area contributed by atoms with Crippen molar-refractivity contribution >= 4 is 5.78 Å². The van der Waals surface area contributed by atoms with Crippen molar-refractivity contribution in [3.63, 3.8) is 0 Å². The van der Waals surface area contributed by atoms with Crippen LogP contribution in [0.5, 0.6) is 5.75 Å². The zero-order valence-electron chi connectivity index (χ0n) is 10.2. The first-order chi connectivity index (χ1) is 8.72. The van der Waals surface area contributed by atoms with Gasteiger partial charge in [-0.05, 0) is 29.5 Å². The highest BCUT2D eigenvalue weighted by Crippen LogP contribution is 2.34. The summed E-state index contributed by atoms with van der Waals surface area (Å²) in [7, 11) is 0. The Bertz CT molecular complexity index is 642. The summed E-state index contributed by atoms with van der Waals surface area (Å²) < 4.78 is 0. The number of hydrogen-bond acceptors (Lipinski definition) is 2. The summed E-state index contributed by atoms with van der Waals surface area (Å²) in [5, 5.41) is 10.2. The Balaban J connectivity index is 2.23. The minimum Gasteiger partial charge on any atom is -0.507 e. The fourth-order valence-corrected chi connectivity index (χ4v) is 2.60. The predicted octanol–water partition coefficient (Wildman–Crippen LogP) is 3.09. The molecule has 3 rings (SSSR count). The van der Waals surface area contributed by atoms with Crippen LogP contribution in [0, 0.1) is 0 Å². The molecule has 0 fully saturated rings. The third kappa shape index (κ3) is 1.46. The van der Waals surface area contributed by atoms with Crippen molar-refractivity contribution in [2.75, 3.05) is 0 Å². The molecule has 0 amide bonds. The summed E-state index contributed by atoms with van der Waals surface area (Å²) in [6, 6.07) is 11.5. The number of carbonyl (C=O) groups is 1. The van der Waals surface area contributed by atoms with E-state index < -0.39 is 0 Å². The molecular weight excluding hydrogens is 224 g/mol. The van der Waals surface area contributed by atoms with Gasteiger partial charge in [-0.1, -0.05) is 43.3 Å². The zero-order chi connectivity index (χ0) is 12.7. The van der Waals surface area contributed by atoms with Gasteiger partial charge in [0.1, 0.15) is 5.75 Å². The molecule has 0 aromatic heterocycles. The van der Waals surface area contributed by atoms with Gasteiger partial charge >= 0.3 is 0 Å². The van der Waals surface area contributed by atoms with Crippen LogP contribution < -0.4 is 0 Å². The Morgan fingerprint density at radius 3 is 2.67 bits per heavy atom. The summed E-state index contributed by atoms with van der Waals surface area (Å²) in [4.78, 5) is 12.4. The normalized spacial score (nSPS) is 13.1. The quantitative estimate of drug-likeness (QED) is 0.707. The number of ketones is 1. The van der Waals surface area contributed by atoms with E-state index in [0.717, 1.165) is 29.5 Å². The number of fused-ring (bicyclic) bond motifs is 2. The van der Waals surface area contributed by atoms with Gasteiger partial charge in [-0.2, -0.15) is 0 Å². The number of carbonyl (C=O) groups excluding carboxylic acids is 1. The molecule has 0 bridgehead atoms. The highest BCUT2D eigenvalue weighted by atomic mass is 16.3. The maximum absolute atomic E-state index is 12.4. The van der Waals surface area contributed by atoms with Crippen LogP contribution in [-0.2, 0) is 12.8 Å². The van der Waals surface area contributed by atoms with Gasteiger partial charge in [0, 0.05) is 5.56 Å². The molecular formula is C16H14O2. The van der Waals surface area contributed by atoms with Crippen LogP contribution in [0.1, 0.15) is 39.5 Å². The van der Waals surface area contributed by atoms with Crippen LogP contribution >= 0.6 is 0 Å². The van der Waals surface area contributed by atoms with E-state index in [9.17, 15) is 9.90 Å². The van der Waals surface area contributed by atoms with Gasteiger partial charge in [0.05, 0.1) is 5.56 Å². The van der Waals surface area contributed by atoms with Crippen molar-refractivity contribution in [3.8, 4) is 5.75 Å². The third-order valence-corrected chi connectivity index (χ3v) is 3.60. The molecule has 0 radical (unpaired) electrons. The molecule has 2 aromatic carbocycles. The van der Waals surface area contributed by atoms with Crippen molar-refractivity contribution in [3.05, 3.63) is 64.2 Å². The van der Waals surface area contributed by atoms with Crippen LogP contribution in [0.4, 0.5) is 0 Å². The average Bonchev–Trinajstić information content (AvgIpc) is 2.39. The van der Waals surface area contributed by atoms with Crippen molar-refractivity contribution in [2.24, 2.45) is 0 Å². The Hall–Kier alpha value is -2.09. The van der Waals surface area contributed by atoms with E-state index in [-0.39, 0.29) is 11.5 Å². The first-order valence-corrected chi connectivity index (χ1v) is 6.18. The van der Waals surface area contributed by atoms with Gasteiger partial charge in [-0.3, -0.25) is 4.79 Å². The standard InChI is InChI=1S/C16H14O2/c1-2-10-7-8-12-9-11-5-3-4-6-13(11)16(18)14(12)15(10)17/h3-8,17H,2,9H2,1H3. The highest BCUT2D eigenvalue weighted by Gasteiger charge is 2.26. The van der Waals surface area contributed by atoms with Crippen molar-refractivity contribution in [1.82, 2.24) is 0 Å². The second-order valence-electron chi connectivity index (χ2n) is 4.62. The van der Waals surface area contributed by atoms with E-state index in [1.165, 1.54) is 0 Å². The monoisotopic (exact) mass is 238 g/mol. The zero-order valence-corrected chi connectivity index (χ0v) is 10.2. The number of phenols is 1. The summed E-state index contributed by atoms with van der Waals surface area (Å²) in [6.45, 7) is 1.97. The highest BCUT2D eigenvalue weighted by molar-refractivity contribution is 6.14. The van der Waals surface area contributed by atoms with Crippen molar-refractivity contribution in [2.45, 2.75) is 19.8 Å². The predicted molar refractivity (Wildman–Crippen MR) is 70.2 cm³/mol. The number of hydrogen-bond donors (Lipinski definition) is 1. The maximum Gasteiger partial charge on any atom is 0.197 e. The van der Waals surface area contributed by atoms with E-state index in [4.69, 9.17) is 0 Å². The molecule has 2 aromatic rings. The van der Waals surface area contributed by atoms with E-state index >= 15 is 0 Å². The van der Waals surface area contributed by atoms with Gasteiger partial charge in [0.2, 0.25) is 0 Å². The molecule has 1 aliphatic rings. The lowest BCUT2D eigenvalue weighted by atomic mass is 9.83. The van der Waals surface area contributed by atoms with Gasteiger partial charge in [-0.15, -0.1) is 0 Å². The Morgan fingerprint density at radius 1 is 1.11 bits per heavy atom. The average molecular weight is 238 g/mol. The lowest BCUT2D eigenvalue weighted by molar-refractivity contribution is 0.103. The number of rotatable bonds is 1. The van der Waals surface area contributed by atoms with E-state index in [0.29, 0.717) is 11.1 Å². The topological polar surface area (TPSA) is 37.3 Å². The Kier molecular flexibility index (Phi) is 2.44. The van der Waals surface area contributed by atoms with Crippen LogP contribution in [0.15, 0.2) is 36.4 Å². The molecule has 1 aliphatic carbocycles. The molecule has 90 valence electrons. The molecule has 2 nitrogen and oxygen atoms in total. The lowest BCUT2D eigenvalue weighted by Gasteiger charge is -2.20.